The Morgan fingerprint density at radius 3 is 2.92 bits per heavy atom. The van der Waals surface area contributed by atoms with Gasteiger partial charge in [-0.25, -0.2) is 4.98 Å². The fraction of sp³-hybridized carbons (Fsp3) is 0.667. The molecule has 0 aromatic carbocycles. The minimum Gasteiger partial charge on any atom is -0.374 e. The van der Waals surface area contributed by atoms with Crippen LogP contribution >= 0.6 is 22.9 Å². The van der Waals surface area contributed by atoms with E-state index >= 15 is 0 Å². The summed E-state index contributed by atoms with van der Waals surface area (Å²) in [5.74, 6) is 1.06. The standard InChI is InChI=1S/C9H14ClNOS/c1-7(2)4-12-5-9-11-8(3-10)6-13-9/h6-7H,3-5H2,1-2H3. The molecule has 13 heavy (non-hydrogen) atoms. The minimum atomic E-state index is 0.487. The van der Waals surface area contributed by atoms with Gasteiger partial charge in [0.25, 0.3) is 0 Å². The van der Waals surface area contributed by atoms with Gasteiger partial charge in [-0.3, -0.25) is 0 Å². The molecule has 1 heterocycles. The molecule has 0 aliphatic rings. The van der Waals surface area contributed by atoms with E-state index in [0.717, 1.165) is 17.3 Å². The van der Waals surface area contributed by atoms with Crippen LogP contribution in [0.25, 0.3) is 0 Å². The lowest BCUT2D eigenvalue weighted by Gasteiger charge is -2.03. The molecule has 0 spiro atoms. The number of alkyl halides is 1. The van der Waals surface area contributed by atoms with E-state index in [9.17, 15) is 0 Å². The largest absolute Gasteiger partial charge is 0.374 e. The molecule has 0 aliphatic carbocycles. The van der Waals surface area contributed by atoms with Crippen molar-refractivity contribution in [3.05, 3.63) is 16.1 Å². The van der Waals surface area contributed by atoms with Crippen molar-refractivity contribution in [1.82, 2.24) is 4.98 Å². The van der Waals surface area contributed by atoms with Crippen LogP contribution in [-0.2, 0) is 17.2 Å². The normalized spacial score (nSPS) is 11.1. The summed E-state index contributed by atoms with van der Waals surface area (Å²) < 4.78 is 5.44. The van der Waals surface area contributed by atoms with E-state index < -0.39 is 0 Å². The van der Waals surface area contributed by atoms with E-state index in [1.165, 1.54) is 0 Å². The number of hydrogen-bond donors (Lipinski definition) is 0. The zero-order valence-corrected chi connectivity index (χ0v) is 9.49. The van der Waals surface area contributed by atoms with Crippen LogP contribution in [-0.4, -0.2) is 11.6 Å². The molecule has 0 bridgehead atoms. The zero-order chi connectivity index (χ0) is 9.68. The Kier molecular flexibility index (Phi) is 4.70. The van der Waals surface area contributed by atoms with Crippen LogP contribution in [0.2, 0.25) is 0 Å². The number of halogens is 1. The Bertz CT molecular complexity index is 250. The van der Waals surface area contributed by atoms with E-state index in [0.29, 0.717) is 18.4 Å². The summed E-state index contributed by atoms with van der Waals surface area (Å²) in [5.41, 5.74) is 0.940. The van der Waals surface area contributed by atoms with Gasteiger partial charge in [0.1, 0.15) is 5.01 Å². The van der Waals surface area contributed by atoms with Crippen molar-refractivity contribution in [1.29, 1.82) is 0 Å². The van der Waals surface area contributed by atoms with Crippen LogP contribution in [0.15, 0.2) is 5.38 Å². The SMILES string of the molecule is CC(C)COCc1nc(CCl)cs1. The highest BCUT2D eigenvalue weighted by Crippen LogP contribution is 2.12. The van der Waals surface area contributed by atoms with Crippen molar-refractivity contribution < 1.29 is 4.74 Å². The summed E-state index contributed by atoms with van der Waals surface area (Å²) in [7, 11) is 0. The van der Waals surface area contributed by atoms with Crippen molar-refractivity contribution in [3.63, 3.8) is 0 Å². The van der Waals surface area contributed by atoms with Crippen molar-refractivity contribution in [2.75, 3.05) is 6.61 Å². The summed E-state index contributed by atoms with van der Waals surface area (Å²) in [6.07, 6.45) is 0. The highest BCUT2D eigenvalue weighted by molar-refractivity contribution is 7.09. The third-order valence-electron chi connectivity index (χ3n) is 1.41. The molecule has 0 fully saturated rings. The van der Waals surface area contributed by atoms with Crippen LogP contribution in [0, 0.1) is 5.92 Å². The van der Waals surface area contributed by atoms with Gasteiger partial charge in [-0.2, -0.15) is 0 Å². The monoisotopic (exact) mass is 219 g/mol. The minimum absolute atomic E-state index is 0.487. The second-order valence-electron chi connectivity index (χ2n) is 3.28. The van der Waals surface area contributed by atoms with Gasteiger partial charge in [-0.15, -0.1) is 22.9 Å². The molecule has 0 radical (unpaired) electrons. The average Bonchev–Trinajstić information content (AvgIpc) is 2.52. The van der Waals surface area contributed by atoms with Crippen LogP contribution in [0.1, 0.15) is 24.5 Å². The van der Waals surface area contributed by atoms with Crippen LogP contribution in [0.3, 0.4) is 0 Å². The molecule has 0 atom stereocenters. The van der Waals surface area contributed by atoms with Gasteiger partial charge < -0.3 is 4.74 Å². The second-order valence-corrected chi connectivity index (χ2v) is 4.49. The van der Waals surface area contributed by atoms with Crippen molar-refractivity contribution >= 4 is 22.9 Å². The first kappa shape index (κ1) is 11.0. The molecule has 0 saturated carbocycles. The molecule has 0 unspecified atom stereocenters. The lowest BCUT2D eigenvalue weighted by atomic mass is 10.2. The predicted octanol–water partition coefficient (Wildman–Crippen LogP) is 3.05. The van der Waals surface area contributed by atoms with Gasteiger partial charge in [0.2, 0.25) is 0 Å². The van der Waals surface area contributed by atoms with Crippen molar-refractivity contribution in [3.8, 4) is 0 Å². The quantitative estimate of drug-likeness (QED) is 0.711. The molecule has 1 aromatic rings. The van der Waals surface area contributed by atoms with Crippen LogP contribution in [0.4, 0.5) is 0 Å². The lowest BCUT2D eigenvalue weighted by Crippen LogP contribution is -2.01. The van der Waals surface area contributed by atoms with Crippen LogP contribution in [0.5, 0.6) is 0 Å². The molecule has 0 amide bonds. The molecule has 1 rings (SSSR count). The average molecular weight is 220 g/mol. The first-order chi connectivity index (χ1) is 6.22. The number of ether oxygens (including phenoxy) is 1. The van der Waals surface area contributed by atoms with E-state index in [2.05, 4.69) is 18.8 Å². The maximum Gasteiger partial charge on any atom is 0.119 e. The topological polar surface area (TPSA) is 22.1 Å². The second kappa shape index (κ2) is 5.58. The molecule has 0 N–H and O–H groups in total. The van der Waals surface area contributed by atoms with Gasteiger partial charge in [-0.1, -0.05) is 13.8 Å². The van der Waals surface area contributed by atoms with Gasteiger partial charge in [-0.05, 0) is 5.92 Å². The number of hydrogen-bond acceptors (Lipinski definition) is 3. The summed E-state index contributed by atoms with van der Waals surface area (Å²) in [6, 6.07) is 0. The smallest absolute Gasteiger partial charge is 0.119 e. The molecule has 1 aromatic heterocycles. The maximum absolute atomic E-state index is 5.63. The van der Waals surface area contributed by atoms with E-state index in [-0.39, 0.29) is 0 Å². The fourth-order valence-electron chi connectivity index (χ4n) is 0.859. The number of aromatic nitrogens is 1. The Morgan fingerprint density at radius 1 is 1.62 bits per heavy atom. The number of thiazole rings is 1. The molecular weight excluding hydrogens is 206 g/mol. The Morgan fingerprint density at radius 2 is 2.38 bits per heavy atom. The van der Waals surface area contributed by atoms with Gasteiger partial charge >= 0.3 is 0 Å². The summed E-state index contributed by atoms with van der Waals surface area (Å²) in [6.45, 7) is 5.66. The molecular formula is C9H14ClNOS. The third-order valence-corrected chi connectivity index (χ3v) is 2.56. The van der Waals surface area contributed by atoms with Crippen molar-refractivity contribution in [2.24, 2.45) is 5.92 Å². The first-order valence-corrected chi connectivity index (χ1v) is 5.70. The summed E-state index contributed by atoms with van der Waals surface area (Å²) in [5, 5.41) is 2.98. The Hall–Kier alpha value is -0.120. The molecule has 4 heteroatoms. The molecule has 2 nitrogen and oxygen atoms in total. The van der Waals surface area contributed by atoms with E-state index in [1.807, 2.05) is 5.38 Å². The van der Waals surface area contributed by atoms with Crippen molar-refractivity contribution in [2.45, 2.75) is 26.3 Å². The number of nitrogens with zero attached hydrogens (tertiary/aromatic N) is 1. The molecule has 0 saturated heterocycles. The highest BCUT2D eigenvalue weighted by Gasteiger charge is 2.01. The highest BCUT2D eigenvalue weighted by atomic mass is 35.5. The predicted molar refractivity (Wildman–Crippen MR) is 56.2 cm³/mol. The summed E-state index contributed by atoms with van der Waals surface area (Å²) >= 11 is 7.23. The van der Waals surface area contributed by atoms with Crippen LogP contribution < -0.4 is 0 Å². The van der Waals surface area contributed by atoms with Gasteiger partial charge in [0, 0.05) is 12.0 Å². The Labute approximate surface area is 87.9 Å². The van der Waals surface area contributed by atoms with E-state index in [4.69, 9.17) is 16.3 Å². The van der Waals surface area contributed by atoms with Gasteiger partial charge in [0.15, 0.2) is 0 Å². The molecule has 0 aliphatic heterocycles. The molecule has 74 valence electrons. The lowest BCUT2D eigenvalue weighted by molar-refractivity contribution is 0.0968. The zero-order valence-electron chi connectivity index (χ0n) is 7.92. The fourth-order valence-corrected chi connectivity index (χ4v) is 1.82. The third kappa shape index (κ3) is 4.07. The summed E-state index contributed by atoms with van der Waals surface area (Å²) in [4.78, 5) is 4.29. The van der Waals surface area contributed by atoms with Gasteiger partial charge in [0.05, 0.1) is 18.2 Å². The van der Waals surface area contributed by atoms with E-state index in [1.54, 1.807) is 11.3 Å². The Balaban J connectivity index is 2.28. The first-order valence-electron chi connectivity index (χ1n) is 4.29. The maximum atomic E-state index is 5.63. The number of rotatable bonds is 5.